The molecule has 0 aliphatic heterocycles. The van der Waals surface area contributed by atoms with Crippen molar-refractivity contribution in [1.29, 1.82) is 0 Å². The summed E-state index contributed by atoms with van der Waals surface area (Å²) in [6.07, 6.45) is -20.1. The number of hydrogen-bond donors (Lipinski definition) is 6. The van der Waals surface area contributed by atoms with Crippen molar-refractivity contribution in [3.8, 4) is 0 Å². The van der Waals surface area contributed by atoms with Crippen molar-refractivity contribution >= 4 is 35.8 Å². The van der Waals surface area contributed by atoms with Crippen LogP contribution in [0.2, 0.25) is 0 Å². The molecule has 0 aliphatic rings. The van der Waals surface area contributed by atoms with Crippen LogP contribution in [0.1, 0.15) is 0 Å². The van der Waals surface area contributed by atoms with Gasteiger partial charge in [0, 0.05) is 0 Å². The summed E-state index contributed by atoms with van der Waals surface area (Å²) in [4.78, 5) is 66.4. The summed E-state index contributed by atoms with van der Waals surface area (Å²) >= 11 is 0. The minimum absolute atomic E-state index is 2.85. The average molecular weight is 506 g/mol. The molecule has 0 heterocycles. The van der Waals surface area contributed by atoms with Crippen molar-refractivity contribution in [3.63, 3.8) is 0 Å². The second-order valence-corrected chi connectivity index (χ2v) is 5.33. The summed E-state index contributed by atoms with van der Waals surface area (Å²) in [5.41, 5.74) is 0. The summed E-state index contributed by atoms with van der Waals surface area (Å²) in [6, 6.07) is 0. The predicted octanol–water partition coefficient (Wildman–Crippen LogP) is -3.46. The number of carbonyl (C=O) groups excluding carboxylic acids is 4. The minimum atomic E-state index is -6.11. The molecule has 0 amide bonds. The molecule has 21 heteroatoms. The molecule has 0 aromatic rings. The fourth-order valence-corrected chi connectivity index (χ4v) is 1.38. The van der Waals surface area contributed by atoms with E-state index < -0.39 is 72.0 Å². The van der Waals surface area contributed by atoms with Gasteiger partial charge in [0.05, 0.1) is 0 Å². The topological polar surface area (TPSA) is 251 Å². The molecular weight excluding hydrogens is 498 g/mol. The van der Waals surface area contributed by atoms with E-state index in [0.717, 1.165) is 0 Å². The van der Waals surface area contributed by atoms with Crippen LogP contribution in [-0.2, 0) is 43.0 Å². The quantitative estimate of drug-likeness (QED) is 0.0615. The molecule has 0 bridgehead atoms. The number of ether oxygens (including phenoxy) is 3. The second-order valence-electron chi connectivity index (χ2n) is 5.33. The summed E-state index contributed by atoms with van der Waals surface area (Å²) in [6.45, 7) is 0. The van der Waals surface area contributed by atoms with Gasteiger partial charge in [-0.2, -0.15) is 26.3 Å². The monoisotopic (exact) mass is 506 g/mol. The highest BCUT2D eigenvalue weighted by Gasteiger charge is 2.62. The van der Waals surface area contributed by atoms with Crippen molar-refractivity contribution in [2.75, 3.05) is 0 Å². The number of rotatable bonds is 8. The third-order valence-electron chi connectivity index (χ3n) is 2.94. The van der Waals surface area contributed by atoms with Crippen molar-refractivity contribution in [3.05, 3.63) is 0 Å². The van der Waals surface area contributed by atoms with Gasteiger partial charge in [0.2, 0.25) is 12.2 Å². The number of carboxylic acid groups (broad SMARTS) is 2. The summed E-state index contributed by atoms with van der Waals surface area (Å²) < 4.78 is 82.9. The SMILES string of the molecule is O=C(O)C(O)C(O)(OC(=O)C(F)(F)F)C(=O)OC(=O)C(O)(OC(=O)C(F)(F)F)C(O)C(=O)O. The van der Waals surface area contributed by atoms with E-state index in [0.29, 0.717) is 0 Å². The maximum atomic E-state index is 12.3. The molecule has 4 unspecified atom stereocenters. The Balaban J connectivity index is 6.28. The normalized spacial score (nSPS) is 17.4. The van der Waals surface area contributed by atoms with Crippen LogP contribution in [0.4, 0.5) is 26.3 Å². The van der Waals surface area contributed by atoms with Crippen LogP contribution in [0.5, 0.6) is 0 Å². The first-order valence-corrected chi connectivity index (χ1v) is 7.15. The first kappa shape index (κ1) is 29.4. The van der Waals surface area contributed by atoms with E-state index in [9.17, 15) is 65.3 Å². The average Bonchev–Trinajstić information content (AvgIpc) is 2.64. The maximum absolute atomic E-state index is 12.3. The third-order valence-corrected chi connectivity index (χ3v) is 2.94. The largest absolute Gasteiger partial charge is 0.491 e. The van der Waals surface area contributed by atoms with Crippen LogP contribution in [0.25, 0.3) is 0 Å². The van der Waals surface area contributed by atoms with Gasteiger partial charge in [-0.05, 0) is 0 Å². The lowest BCUT2D eigenvalue weighted by Gasteiger charge is -2.30. The molecule has 15 nitrogen and oxygen atoms in total. The number of carboxylic acids is 2. The Kier molecular flexibility index (Phi) is 8.49. The smallest absolute Gasteiger partial charge is 0.479 e. The third kappa shape index (κ3) is 6.71. The van der Waals surface area contributed by atoms with Gasteiger partial charge in [-0.1, -0.05) is 0 Å². The van der Waals surface area contributed by atoms with Gasteiger partial charge >= 0.3 is 59.7 Å². The number of aliphatic carboxylic acids is 2. The zero-order valence-electron chi connectivity index (χ0n) is 14.8. The van der Waals surface area contributed by atoms with Crippen LogP contribution >= 0.6 is 0 Å². The molecule has 0 aromatic carbocycles. The van der Waals surface area contributed by atoms with E-state index in [-0.39, 0.29) is 0 Å². The number of hydrogen-bond acceptors (Lipinski definition) is 13. The van der Waals surface area contributed by atoms with Crippen LogP contribution in [-0.4, -0.2) is 103 Å². The molecule has 188 valence electrons. The first-order chi connectivity index (χ1) is 14.5. The fraction of sp³-hybridized carbons (Fsp3) is 0.500. The van der Waals surface area contributed by atoms with E-state index in [2.05, 4.69) is 14.2 Å². The number of alkyl halides is 6. The minimum Gasteiger partial charge on any atom is -0.479 e. The van der Waals surface area contributed by atoms with E-state index >= 15 is 0 Å². The van der Waals surface area contributed by atoms with E-state index in [1.807, 2.05) is 0 Å². The molecule has 0 radical (unpaired) electrons. The van der Waals surface area contributed by atoms with Gasteiger partial charge in [0.1, 0.15) is 0 Å². The lowest BCUT2D eigenvalue weighted by Crippen LogP contribution is -2.62. The Bertz CT molecular complexity index is 781. The Labute approximate surface area is 173 Å². The molecular formula is C12H8F6O15. The Morgan fingerprint density at radius 3 is 1.00 bits per heavy atom. The molecule has 0 aliphatic carbocycles. The number of esters is 4. The number of aliphatic hydroxyl groups is 4. The Morgan fingerprint density at radius 1 is 0.576 bits per heavy atom. The van der Waals surface area contributed by atoms with Crippen LogP contribution in [0, 0.1) is 0 Å². The predicted molar refractivity (Wildman–Crippen MR) is 72.6 cm³/mol. The zero-order valence-corrected chi connectivity index (χ0v) is 14.8. The van der Waals surface area contributed by atoms with Crippen LogP contribution < -0.4 is 0 Å². The van der Waals surface area contributed by atoms with Crippen molar-refractivity contribution in [2.24, 2.45) is 0 Å². The fourth-order valence-electron chi connectivity index (χ4n) is 1.38. The van der Waals surface area contributed by atoms with Crippen molar-refractivity contribution < 1.29 is 100.0 Å². The van der Waals surface area contributed by atoms with Gasteiger partial charge in [-0.25, -0.2) is 28.8 Å². The van der Waals surface area contributed by atoms with Gasteiger partial charge in [0.25, 0.3) is 0 Å². The van der Waals surface area contributed by atoms with Crippen molar-refractivity contribution in [2.45, 2.75) is 36.1 Å². The molecule has 0 saturated heterocycles. The number of aliphatic hydroxyl groups excluding tert-OH is 2. The van der Waals surface area contributed by atoms with Gasteiger partial charge in [0.15, 0.2) is 0 Å². The standard InChI is InChI=1S/C12H8F6O15/c13-11(14,15)7(27)32-9(29,1(19)3(21)22)5(25)31-6(26)10(30,2(20)4(23)24)33-8(28)12(16,17)18/h1-2,19-20,29-30H,(H,21,22)(H,23,24). The van der Waals surface area contributed by atoms with Crippen LogP contribution in [0.15, 0.2) is 0 Å². The highest BCUT2D eigenvalue weighted by atomic mass is 19.4. The van der Waals surface area contributed by atoms with E-state index in [1.54, 1.807) is 0 Å². The lowest BCUT2D eigenvalue weighted by atomic mass is 10.1. The lowest BCUT2D eigenvalue weighted by molar-refractivity contribution is -0.284. The maximum Gasteiger partial charge on any atom is 0.491 e. The van der Waals surface area contributed by atoms with Gasteiger partial charge < -0.3 is 44.8 Å². The molecule has 4 atom stereocenters. The van der Waals surface area contributed by atoms with Gasteiger partial charge in [-0.3, -0.25) is 0 Å². The highest BCUT2D eigenvalue weighted by Crippen LogP contribution is 2.27. The molecule has 33 heavy (non-hydrogen) atoms. The summed E-state index contributed by atoms with van der Waals surface area (Å²) in [5, 5.41) is 54.5. The Morgan fingerprint density at radius 2 is 0.818 bits per heavy atom. The Hall–Kier alpha value is -3.56. The van der Waals surface area contributed by atoms with Gasteiger partial charge in [-0.15, -0.1) is 0 Å². The zero-order chi connectivity index (χ0) is 26.7. The number of carbonyl (C=O) groups is 6. The number of halogens is 6. The highest BCUT2D eigenvalue weighted by molar-refractivity contribution is 5.99. The molecule has 0 fully saturated rings. The van der Waals surface area contributed by atoms with Crippen molar-refractivity contribution in [1.82, 2.24) is 0 Å². The molecule has 0 saturated carbocycles. The summed E-state index contributed by atoms with van der Waals surface area (Å²) in [5.74, 6) is -29.6. The first-order valence-electron chi connectivity index (χ1n) is 7.15. The molecule has 0 rings (SSSR count). The second kappa shape index (κ2) is 9.51. The molecule has 6 N–H and O–H groups in total. The van der Waals surface area contributed by atoms with E-state index in [1.165, 1.54) is 0 Å². The molecule has 0 aromatic heterocycles. The van der Waals surface area contributed by atoms with E-state index in [4.69, 9.17) is 20.4 Å². The summed E-state index contributed by atoms with van der Waals surface area (Å²) in [7, 11) is 0. The molecule has 0 spiro atoms. The van der Waals surface area contributed by atoms with Crippen LogP contribution in [0.3, 0.4) is 0 Å².